The molecule has 4 nitrogen and oxygen atoms in total. The first kappa shape index (κ1) is 31.5. The van der Waals surface area contributed by atoms with E-state index in [4.69, 9.17) is 14.5 Å². The minimum Gasteiger partial charge on any atom is -0.512 e. The smallest absolute Gasteiger partial charge is 0.155 e. The molecule has 0 saturated heterocycles. The van der Waals surface area contributed by atoms with Gasteiger partial charge >= 0.3 is 0 Å². The molecule has 0 saturated carbocycles. The van der Waals surface area contributed by atoms with Crippen molar-refractivity contribution in [2.75, 3.05) is 0 Å². The second-order valence-electron chi connectivity index (χ2n) is 10.7. The minimum atomic E-state index is -0.177. The molecule has 5 aromatic carbocycles. The maximum Gasteiger partial charge on any atom is 0.155 e. The Hall–Kier alpha value is -4.90. The summed E-state index contributed by atoms with van der Waals surface area (Å²) in [7, 11) is 0. The number of aliphatic hydroxyl groups excluding tert-OH is 1. The van der Waals surface area contributed by atoms with Crippen molar-refractivity contribution in [1.29, 1.82) is 0 Å². The Morgan fingerprint density at radius 2 is 1.44 bits per heavy atom. The van der Waals surface area contributed by atoms with Crippen molar-refractivity contribution < 1.29 is 38.8 Å². The van der Waals surface area contributed by atoms with Crippen molar-refractivity contribution in [3.63, 3.8) is 0 Å². The maximum absolute atomic E-state index is 14.9. The number of nitrogens with zero attached hydrogens (tertiary/aromatic N) is 1. The molecule has 0 unspecified atom stereocenters. The van der Waals surface area contributed by atoms with Crippen LogP contribution in [-0.2, 0) is 24.9 Å². The number of hydrogen-bond donors (Lipinski definition) is 1. The summed E-state index contributed by atoms with van der Waals surface area (Å²) in [5, 5.41) is 12.7. The van der Waals surface area contributed by atoms with Crippen molar-refractivity contribution in [3.8, 4) is 33.7 Å². The molecule has 1 N–H and O–H groups in total. The number of ketones is 1. The van der Waals surface area contributed by atoms with E-state index in [2.05, 4.69) is 24.3 Å². The van der Waals surface area contributed by atoms with Gasteiger partial charge in [-0.05, 0) is 59.7 Å². The van der Waals surface area contributed by atoms with Crippen LogP contribution in [0.1, 0.15) is 19.4 Å². The van der Waals surface area contributed by atoms with E-state index in [0.29, 0.717) is 10.9 Å². The van der Waals surface area contributed by atoms with Crippen LogP contribution in [0, 0.1) is 18.8 Å². The van der Waals surface area contributed by atoms with Gasteiger partial charge in [0.05, 0.1) is 17.1 Å². The molecule has 0 bridgehead atoms. The van der Waals surface area contributed by atoms with Crippen LogP contribution in [0.2, 0.25) is 0 Å². The van der Waals surface area contributed by atoms with Crippen molar-refractivity contribution in [2.24, 2.45) is 0 Å². The summed E-state index contributed by atoms with van der Waals surface area (Å²) < 4.78 is 21.3. The van der Waals surface area contributed by atoms with Gasteiger partial charge in [0.1, 0.15) is 5.82 Å². The molecule has 2 aromatic heterocycles. The first-order valence-electron chi connectivity index (χ1n) is 14.3. The number of aryl methyl sites for hydroxylation is 1. The fourth-order valence-corrected chi connectivity index (χ4v) is 5.43. The maximum atomic E-state index is 14.9. The Bertz CT molecular complexity index is 2180. The normalized spacial score (nSPS) is 11.2. The monoisotopic (exact) mass is 771 g/mol. The summed E-state index contributed by atoms with van der Waals surface area (Å²) in [6.07, 6.45) is 2.96. The van der Waals surface area contributed by atoms with E-state index in [1.54, 1.807) is 13.1 Å². The van der Waals surface area contributed by atoms with E-state index in [1.165, 1.54) is 19.9 Å². The zero-order chi connectivity index (χ0) is 30.8. The number of carbonyl (C=O) groups excluding carboxylic acids is 1. The Balaban J connectivity index is 0.000000452. The van der Waals surface area contributed by atoms with Crippen LogP contribution < -0.4 is 0 Å². The molecule has 0 fully saturated rings. The quantitative estimate of drug-likeness (QED) is 0.0838. The summed E-state index contributed by atoms with van der Waals surface area (Å²) >= 11 is 0. The van der Waals surface area contributed by atoms with Crippen molar-refractivity contribution in [1.82, 2.24) is 4.98 Å². The standard InChI is InChI=1S/C34H21FNO.C5H8O2.Ir/c1-21-12-13-26-27-16-17-36-33(29(27)15-14-28(26)32(21)35)24-18-25-20-31(23-10-6-3-7-11-23)37-34(25)30(19-24)22-8-4-2-5-9-22;1-4(6)3-5(2)7;/h2-17,19-20H,1H3;3,6H,1-2H3;/q-1;;/b;4-3-;. The average Bonchev–Trinajstić information content (AvgIpc) is 3.47. The minimum absolute atomic E-state index is 0. The van der Waals surface area contributed by atoms with E-state index < -0.39 is 0 Å². The van der Waals surface area contributed by atoms with Gasteiger partial charge in [0.25, 0.3) is 0 Å². The van der Waals surface area contributed by atoms with Crippen LogP contribution in [0.15, 0.2) is 126 Å². The Morgan fingerprint density at radius 1 is 0.822 bits per heavy atom. The van der Waals surface area contributed by atoms with Gasteiger partial charge in [-0.2, -0.15) is 0 Å². The molecular weight excluding hydrogens is 742 g/mol. The van der Waals surface area contributed by atoms with Gasteiger partial charge in [-0.15, -0.1) is 12.1 Å². The zero-order valence-electron chi connectivity index (χ0n) is 24.9. The van der Waals surface area contributed by atoms with Gasteiger partial charge in [0.15, 0.2) is 5.78 Å². The van der Waals surface area contributed by atoms with Gasteiger partial charge in [0, 0.05) is 49.0 Å². The van der Waals surface area contributed by atoms with E-state index >= 15 is 0 Å². The predicted octanol–water partition coefficient (Wildman–Crippen LogP) is 10.4. The second-order valence-corrected chi connectivity index (χ2v) is 10.7. The first-order chi connectivity index (χ1) is 21.3. The number of pyridine rings is 1. The third kappa shape index (κ3) is 6.48. The van der Waals surface area contributed by atoms with Gasteiger partial charge in [-0.3, -0.25) is 9.78 Å². The van der Waals surface area contributed by atoms with Gasteiger partial charge in [0.2, 0.25) is 0 Å². The Labute approximate surface area is 274 Å². The van der Waals surface area contributed by atoms with E-state index in [1.807, 2.05) is 84.9 Å². The molecule has 225 valence electrons. The summed E-state index contributed by atoms with van der Waals surface area (Å²) in [4.78, 5) is 14.8. The summed E-state index contributed by atoms with van der Waals surface area (Å²) in [6, 6.07) is 37.6. The number of rotatable bonds is 4. The molecule has 0 aliphatic carbocycles. The molecule has 0 spiro atoms. The second kappa shape index (κ2) is 13.4. The van der Waals surface area contributed by atoms with Crippen molar-refractivity contribution >= 4 is 38.3 Å². The molecule has 0 atom stereocenters. The molecule has 0 aliphatic rings. The number of allylic oxidation sites excluding steroid dienone is 2. The molecule has 7 rings (SSSR count). The largest absolute Gasteiger partial charge is 0.512 e. The number of halogens is 1. The number of furan rings is 1. The Morgan fingerprint density at radius 3 is 2.09 bits per heavy atom. The van der Waals surface area contributed by atoms with Crippen LogP contribution in [0.5, 0.6) is 0 Å². The third-order valence-corrected chi connectivity index (χ3v) is 7.41. The average molecular weight is 771 g/mol. The van der Waals surface area contributed by atoms with Crippen LogP contribution >= 0.6 is 0 Å². The van der Waals surface area contributed by atoms with Gasteiger partial charge < -0.3 is 9.52 Å². The number of aromatic nitrogens is 1. The van der Waals surface area contributed by atoms with Gasteiger partial charge in [-0.25, -0.2) is 4.39 Å². The SMILES string of the molecule is CC(=O)/C=C(/C)O.Cc1ccc2c(ccc3c(-c4[c-]c5cc(-c6ccccc6)oc5c(-c5ccccc5)c4)nccc32)c1F.[Ir]. The summed E-state index contributed by atoms with van der Waals surface area (Å²) in [5.74, 6) is 0.556. The molecule has 1 radical (unpaired) electrons. The number of aliphatic hydroxyl groups is 1. The fourth-order valence-electron chi connectivity index (χ4n) is 5.43. The molecule has 6 heteroatoms. The molecule has 2 heterocycles. The third-order valence-electron chi connectivity index (χ3n) is 7.41. The molecule has 7 aromatic rings. The van der Waals surface area contributed by atoms with Crippen molar-refractivity contribution in [3.05, 3.63) is 139 Å². The summed E-state index contributed by atoms with van der Waals surface area (Å²) in [5.41, 5.74) is 6.15. The van der Waals surface area contributed by atoms with Gasteiger partial charge in [-0.1, -0.05) is 102 Å². The first-order valence-corrected chi connectivity index (χ1v) is 14.3. The zero-order valence-corrected chi connectivity index (χ0v) is 27.3. The predicted molar refractivity (Wildman–Crippen MR) is 176 cm³/mol. The molecular formula is C39H29FIrNO3-. The topological polar surface area (TPSA) is 63.3 Å². The molecule has 45 heavy (non-hydrogen) atoms. The van der Waals surface area contributed by atoms with Crippen LogP contribution in [-0.4, -0.2) is 15.9 Å². The molecule has 0 amide bonds. The summed E-state index contributed by atoms with van der Waals surface area (Å²) in [6.45, 7) is 4.64. The number of carbonyl (C=O) groups is 1. The number of fused-ring (bicyclic) bond motifs is 4. The Kier molecular flexibility index (Phi) is 9.38. The van der Waals surface area contributed by atoms with E-state index in [0.717, 1.165) is 60.8 Å². The van der Waals surface area contributed by atoms with E-state index in [-0.39, 0.29) is 37.5 Å². The number of benzene rings is 5. The van der Waals surface area contributed by atoms with Crippen LogP contribution in [0.25, 0.3) is 66.2 Å². The number of hydrogen-bond acceptors (Lipinski definition) is 4. The van der Waals surface area contributed by atoms with E-state index in [9.17, 15) is 9.18 Å². The van der Waals surface area contributed by atoms with Crippen molar-refractivity contribution in [2.45, 2.75) is 20.8 Å². The van der Waals surface area contributed by atoms with Crippen LogP contribution in [0.4, 0.5) is 4.39 Å². The molecule has 0 aliphatic heterocycles. The fraction of sp³-hybridized carbons (Fsp3) is 0.0769. The van der Waals surface area contributed by atoms with Crippen LogP contribution in [0.3, 0.4) is 0 Å².